The molecule has 3 rings (SSSR count). The van der Waals surface area contributed by atoms with Crippen LogP contribution in [0.15, 0.2) is 23.6 Å². The number of halogens is 2. The van der Waals surface area contributed by atoms with Crippen LogP contribution in [-0.4, -0.2) is 4.98 Å². The van der Waals surface area contributed by atoms with Gasteiger partial charge in [-0.05, 0) is 54.7 Å². The fourth-order valence-electron chi connectivity index (χ4n) is 2.75. The highest BCUT2D eigenvalue weighted by Crippen LogP contribution is 2.42. The lowest BCUT2D eigenvalue weighted by Gasteiger charge is -2.10. The number of hydrogen-bond donors (Lipinski definition) is 0. The lowest BCUT2D eigenvalue weighted by Crippen LogP contribution is -2.06. The van der Waals surface area contributed by atoms with Crippen LogP contribution in [0.5, 0.6) is 0 Å². The number of hydrogen-bond acceptors (Lipinski definition) is 2. The Balaban J connectivity index is 1.72. The van der Waals surface area contributed by atoms with Crippen molar-refractivity contribution in [1.29, 1.82) is 0 Å². The molecular weight excluding hydrogens is 300 g/mol. The summed E-state index contributed by atoms with van der Waals surface area (Å²) in [6.45, 7) is 3.08. The van der Waals surface area contributed by atoms with Crippen LogP contribution >= 0.6 is 11.3 Å². The van der Waals surface area contributed by atoms with Gasteiger partial charge in [0.15, 0.2) is 5.01 Å². The zero-order valence-corrected chi connectivity index (χ0v) is 13.9. The highest BCUT2D eigenvalue weighted by Gasteiger charge is 2.28. The number of rotatable bonds is 6. The minimum absolute atomic E-state index is 0.0775. The smallest absolute Gasteiger partial charge is 0.240 e. The minimum atomic E-state index is -2.83. The molecule has 1 aromatic carbocycles. The van der Waals surface area contributed by atoms with Gasteiger partial charge in [0, 0.05) is 12.3 Å². The van der Waals surface area contributed by atoms with Crippen molar-refractivity contribution in [3.63, 3.8) is 0 Å². The molecular formula is C18H21F2NS. The lowest BCUT2D eigenvalue weighted by molar-refractivity contribution is 0.0171. The molecule has 1 aliphatic carbocycles. The average molecular weight is 321 g/mol. The van der Waals surface area contributed by atoms with Crippen molar-refractivity contribution in [2.45, 2.75) is 57.8 Å². The monoisotopic (exact) mass is 321 g/mol. The molecule has 0 unspecified atom stereocenters. The highest BCUT2D eigenvalue weighted by atomic mass is 32.1. The maximum Gasteiger partial charge on any atom is 0.296 e. The molecule has 0 aliphatic heterocycles. The van der Waals surface area contributed by atoms with Gasteiger partial charge < -0.3 is 0 Å². The summed E-state index contributed by atoms with van der Waals surface area (Å²) < 4.78 is 26.5. The number of nitrogens with zero attached hydrogens (tertiary/aromatic N) is 1. The van der Waals surface area contributed by atoms with E-state index in [4.69, 9.17) is 0 Å². The second kappa shape index (κ2) is 6.07. The fourth-order valence-corrected chi connectivity index (χ4v) is 3.55. The predicted octanol–water partition coefficient (Wildman–Crippen LogP) is 5.48. The Hall–Kier alpha value is -1.29. The quantitative estimate of drug-likeness (QED) is 0.686. The van der Waals surface area contributed by atoms with Crippen molar-refractivity contribution in [1.82, 2.24) is 4.98 Å². The van der Waals surface area contributed by atoms with E-state index < -0.39 is 5.92 Å². The number of benzene rings is 1. The summed E-state index contributed by atoms with van der Waals surface area (Å²) in [4.78, 5) is 4.09. The molecule has 1 heterocycles. The molecule has 4 heteroatoms. The van der Waals surface area contributed by atoms with Crippen LogP contribution in [0.3, 0.4) is 0 Å². The molecule has 1 fully saturated rings. The van der Waals surface area contributed by atoms with E-state index in [0.29, 0.717) is 5.92 Å². The van der Waals surface area contributed by atoms with Gasteiger partial charge in [-0.15, -0.1) is 11.3 Å². The van der Waals surface area contributed by atoms with Gasteiger partial charge in [-0.3, -0.25) is 0 Å². The van der Waals surface area contributed by atoms with E-state index in [1.54, 1.807) is 5.38 Å². The Kier molecular flexibility index (Phi) is 4.31. The van der Waals surface area contributed by atoms with Gasteiger partial charge in [0.05, 0.1) is 5.69 Å². The van der Waals surface area contributed by atoms with Gasteiger partial charge in [-0.25, -0.2) is 4.98 Å². The first-order chi connectivity index (χ1) is 10.5. The van der Waals surface area contributed by atoms with E-state index in [2.05, 4.69) is 30.1 Å². The lowest BCUT2D eigenvalue weighted by atomic mass is 9.95. The van der Waals surface area contributed by atoms with Crippen LogP contribution in [0, 0.1) is 0 Å². The van der Waals surface area contributed by atoms with Crippen LogP contribution in [-0.2, 0) is 25.2 Å². The number of alkyl halides is 2. The third-order valence-corrected chi connectivity index (χ3v) is 5.28. The average Bonchev–Trinajstić information content (AvgIpc) is 3.21. The molecule has 1 aromatic heterocycles. The SMILES string of the molecule is CCc1ccc(CCc2csc(C(C)(F)F)n2)c(C2CC2)c1. The van der Waals surface area contributed by atoms with Crippen LogP contribution in [0.4, 0.5) is 8.78 Å². The Morgan fingerprint density at radius 1 is 1.27 bits per heavy atom. The summed E-state index contributed by atoms with van der Waals surface area (Å²) in [6.07, 6.45) is 5.24. The topological polar surface area (TPSA) is 12.9 Å². The Bertz CT molecular complexity index is 653. The maximum absolute atomic E-state index is 13.2. The van der Waals surface area contributed by atoms with Crippen molar-refractivity contribution < 1.29 is 8.78 Å². The number of aromatic nitrogens is 1. The summed E-state index contributed by atoms with van der Waals surface area (Å²) in [5, 5.41) is 1.69. The molecule has 2 aromatic rings. The van der Waals surface area contributed by atoms with Crippen LogP contribution < -0.4 is 0 Å². The molecule has 0 spiro atoms. The van der Waals surface area contributed by atoms with Gasteiger partial charge in [0.1, 0.15) is 0 Å². The van der Waals surface area contributed by atoms with Crippen LogP contribution in [0.2, 0.25) is 0 Å². The molecule has 1 aliphatic rings. The van der Waals surface area contributed by atoms with E-state index in [1.807, 2.05) is 0 Å². The second-order valence-electron chi connectivity index (χ2n) is 6.19. The summed E-state index contributed by atoms with van der Waals surface area (Å²) in [5.74, 6) is -2.11. The third-order valence-electron chi connectivity index (χ3n) is 4.21. The van der Waals surface area contributed by atoms with Gasteiger partial charge >= 0.3 is 0 Å². The standard InChI is InChI=1S/C18H21F2NS/c1-3-12-4-5-13(16(10-12)14-6-7-14)8-9-15-11-22-17(21-15)18(2,19)20/h4-5,10-11,14H,3,6-9H2,1-2H3. The summed E-state index contributed by atoms with van der Waals surface area (Å²) in [6, 6.07) is 6.74. The first kappa shape index (κ1) is 15.6. The van der Waals surface area contributed by atoms with Crippen molar-refractivity contribution in [3.8, 4) is 0 Å². The van der Waals surface area contributed by atoms with E-state index in [9.17, 15) is 8.78 Å². The van der Waals surface area contributed by atoms with E-state index in [-0.39, 0.29) is 5.01 Å². The maximum atomic E-state index is 13.2. The zero-order chi connectivity index (χ0) is 15.7. The van der Waals surface area contributed by atoms with Crippen LogP contribution in [0.25, 0.3) is 0 Å². The fraction of sp³-hybridized carbons (Fsp3) is 0.500. The first-order valence-electron chi connectivity index (χ1n) is 7.91. The van der Waals surface area contributed by atoms with E-state index in [1.165, 1.54) is 29.5 Å². The van der Waals surface area contributed by atoms with E-state index in [0.717, 1.165) is 43.2 Å². The summed E-state index contributed by atoms with van der Waals surface area (Å²) in [5.41, 5.74) is 4.99. The van der Waals surface area contributed by atoms with Crippen molar-refractivity contribution in [2.24, 2.45) is 0 Å². The van der Waals surface area contributed by atoms with Gasteiger partial charge in [0.25, 0.3) is 5.92 Å². The minimum Gasteiger partial charge on any atom is -0.240 e. The van der Waals surface area contributed by atoms with Crippen molar-refractivity contribution >= 4 is 11.3 Å². The molecule has 0 N–H and O–H groups in total. The second-order valence-corrected chi connectivity index (χ2v) is 7.05. The highest BCUT2D eigenvalue weighted by molar-refractivity contribution is 7.09. The Morgan fingerprint density at radius 2 is 2.05 bits per heavy atom. The Morgan fingerprint density at radius 3 is 2.64 bits per heavy atom. The molecule has 0 radical (unpaired) electrons. The Labute approximate surface area is 134 Å². The van der Waals surface area contributed by atoms with E-state index >= 15 is 0 Å². The molecule has 1 saturated carbocycles. The third kappa shape index (κ3) is 3.54. The number of aryl methyl sites for hydroxylation is 3. The summed E-state index contributed by atoms with van der Waals surface area (Å²) >= 11 is 1.06. The molecule has 118 valence electrons. The molecule has 1 nitrogen and oxygen atoms in total. The molecule has 0 atom stereocenters. The van der Waals surface area contributed by atoms with Gasteiger partial charge in [0.2, 0.25) is 0 Å². The van der Waals surface area contributed by atoms with Crippen LogP contribution in [0.1, 0.15) is 60.0 Å². The summed E-state index contributed by atoms with van der Waals surface area (Å²) in [7, 11) is 0. The largest absolute Gasteiger partial charge is 0.296 e. The normalized spacial score (nSPS) is 15.3. The van der Waals surface area contributed by atoms with Gasteiger partial charge in [-0.2, -0.15) is 8.78 Å². The van der Waals surface area contributed by atoms with Crippen molar-refractivity contribution in [2.75, 3.05) is 0 Å². The molecule has 0 amide bonds. The first-order valence-corrected chi connectivity index (χ1v) is 8.79. The molecule has 0 bridgehead atoms. The molecule has 0 saturated heterocycles. The predicted molar refractivity (Wildman–Crippen MR) is 86.9 cm³/mol. The number of thiazole rings is 1. The molecule has 22 heavy (non-hydrogen) atoms. The van der Waals surface area contributed by atoms with Crippen molar-refractivity contribution in [3.05, 3.63) is 51.0 Å². The van der Waals surface area contributed by atoms with Gasteiger partial charge in [-0.1, -0.05) is 25.1 Å². The zero-order valence-electron chi connectivity index (χ0n) is 13.0.